The van der Waals surface area contributed by atoms with Gasteiger partial charge in [-0.2, -0.15) is 13.2 Å². The molecule has 0 saturated carbocycles. The number of halogens is 4. The molecular weight excluding hydrogens is 502 g/mol. The molecule has 5 rings (SSSR count). The molecule has 1 N–H and O–H groups in total. The molecule has 1 atom stereocenters. The number of rotatable bonds is 7. The molecule has 1 unspecified atom stereocenters. The predicted octanol–water partition coefficient (Wildman–Crippen LogP) is 5.14. The van der Waals surface area contributed by atoms with Gasteiger partial charge in [0.15, 0.2) is 0 Å². The maximum absolute atomic E-state index is 14.7. The van der Waals surface area contributed by atoms with Gasteiger partial charge in [0.25, 0.3) is 0 Å². The second-order valence-corrected chi connectivity index (χ2v) is 9.38. The summed E-state index contributed by atoms with van der Waals surface area (Å²) in [6, 6.07) is 14.7. The minimum Gasteiger partial charge on any atom is -0.489 e. The minimum absolute atomic E-state index is 0.0403. The molecule has 38 heavy (non-hydrogen) atoms. The molecule has 3 aromatic carbocycles. The van der Waals surface area contributed by atoms with Crippen LogP contribution in [0.25, 0.3) is 11.0 Å². The van der Waals surface area contributed by atoms with E-state index in [1.807, 2.05) is 17.9 Å². The zero-order valence-electron chi connectivity index (χ0n) is 20.7. The Balaban J connectivity index is 1.62. The first-order valence-corrected chi connectivity index (χ1v) is 12.3. The van der Waals surface area contributed by atoms with Gasteiger partial charge in [0.2, 0.25) is 0 Å². The lowest BCUT2D eigenvalue weighted by Crippen LogP contribution is -2.30. The Kier molecular flexibility index (Phi) is 6.92. The number of hydrogen-bond donors (Lipinski definition) is 1. The van der Waals surface area contributed by atoms with E-state index in [1.165, 1.54) is 28.8 Å². The van der Waals surface area contributed by atoms with Crippen molar-refractivity contribution in [1.82, 2.24) is 9.13 Å². The Bertz CT molecular complexity index is 1510. The number of ether oxygens (including phenoxy) is 1. The highest BCUT2D eigenvalue weighted by Crippen LogP contribution is 2.36. The SMILES string of the molecule is Cc1cccc(F)c1N1CCC(n2c(=O)n(Cc3ccccc3C(F)(F)F)c3c(OCCO)cccc32)C1. The van der Waals surface area contributed by atoms with Crippen LogP contribution in [-0.2, 0) is 12.7 Å². The number of aromatic nitrogens is 2. The van der Waals surface area contributed by atoms with Gasteiger partial charge in [0.05, 0.1) is 36.0 Å². The van der Waals surface area contributed by atoms with Gasteiger partial charge in [-0.25, -0.2) is 9.18 Å². The fourth-order valence-electron chi connectivity index (χ4n) is 5.36. The third-order valence-electron chi connectivity index (χ3n) is 6.98. The van der Waals surface area contributed by atoms with Crippen molar-refractivity contribution in [2.75, 3.05) is 31.2 Å². The van der Waals surface area contributed by atoms with Gasteiger partial charge in [-0.1, -0.05) is 36.4 Å². The van der Waals surface area contributed by atoms with Crippen molar-refractivity contribution in [1.29, 1.82) is 0 Å². The van der Waals surface area contributed by atoms with Gasteiger partial charge < -0.3 is 14.7 Å². The molecule has 1 aromatic heterocycles. The average molecular weight is 530 g/mol. The van der Waals surface area contributed by atoms with E-state index in [0.29, 0.717) is 36.2 Å². The molecule has 1 fully saturated rings. The van der Waals surface area contributed by atoms with E-state index in [1.54, 1.807) is 28.8 Å². The van der Waals surface area contributed by atoms with E-state index >= 15 is 0 Å². The summed E-state index contributed by atoms with van der Waals surface area (Å²) >= 11 is 0. The van der Waals surface area contributed by atoms with Gasteiger partial charge in [0.1, 0.15) is 23.7 Å². The first kappa shape index (κ1) is 25.8. The van der Waals surface area contributed by atoms with Crippen molar-refractivity contribution in [2.45, 2.75) is 32.1 Å². The van der Waals surface area contributed by atoms with Crippen LogP contribution in [0.1, 0.15) is 29.2 Å². The van der Waals surface area contributed by atoms with Crippen LogP contribution < -0.4 is 15.3 Å². The Morgan fingerprint density at radius 3 is 2.55 bits per heavy atom. The number of aryl methyl sites for hydroxylation is 1. The summed E-state index contributed by atoms with van der Waals surface area (Å²) in [5.41, 5.74) is 0.781. The number of aliphatic hydroxyl groups excluding tert-OH is 1. The van der Waals surface area contributed by atoms with Gasteiger partial charge in [0, 0.05) is 13.1 Å². The lowest BCUT2D eigenvalue weighted by molar-refractivity contribution is -0.138. The lowest BCUT2D eigenvalue weighted by atomic mass is 10.1. The van der Waals surface area contributed by atoms with Gasteiger partial charge in [-0.15, -0.1) is 0 Å². The van der Waals surface area contributed by atoms with Crippen LogP contribution in [0.3, 0.4) is 0 Å². The van der Waals surface area contributed by atoms with Crippen molar-refractivity contribution < 1.29 is 27.4 Å². The fraction of sp³-hybridized carbons (Fsp3) is 0.321. The van der Waals surface area contributed by atoms with E-state index in [4.69, 9.17) is 4.74 Å². The zero-order chi connectivity index (χ0) is 27.0. The molecule has 0 bridgehead atoms. The zero-order valence-corrected chi connectivity index (χ0v) is 20.7. The average Bonchev–Trinajstić information content (AvgIpc) is 3.45. The fourth-order valence-corrected chi connectivity index (χ4v) is 5.36. The smallest absolute Gasteiger partial charge is 0.416 e. The van der Waals surface area contributed by atoms with Crippen LogP contribution in [0.5, 0.6) is 5.75 Å². The molecule has 1 aliphatic heterocycles. The lowest BCUT2D eigenvalue weighted by Gasteiger charge is -2.21. The van der Waals surface area contributed by atoms with Crippen LogP contribution in [0.4, 0.5) is 23.2 Å². The Hall–Kier alpha value is -3.79. The summed E-state index contributed by atoms with van der Waals surface area (Å²) in [5, 5.41) is 9.28. The van der Waals surface area contributed by atoms with Gasteiger partial charge >= 0.3 is 11.9 Å². The van der Waals surface area contributed by atoms with E-state index in [9.17, 15) is 27.5 Å². The first-order valence-electron chi connectivity index (χ1n) is 12.3. The molecule has 4 aromatic rings. The van der Waals surface area contributed by atoms with Gasteiger partial charge in [-0.05, 0) is 48.7 Å². The van der Waals surface area contributed by atoms with Crippen molar-refractivity contribution >= 4 is 16.7 Å². The first-order chi connectivity index (χ1) is 18.2. The van der Waals surface area contributed by atoms with Crippen molar-refractivity contribution in [3.05, 3.63) is 93.7 Å². The van der Waals surface area contributed by atoms with Crippen LogP contribution in [0.15, 0.2) is 65.5 Å². The third-order valence-corrected chi connectivity index (χ3v) is 6.98. The monoisotopic (exact) mass is 529 g/mol. The van der Waals surface area contributed by atoms with Crippen LogP contribution in [0, 0.1) is 12.7 Å². The minimum atomic E-state index is -4.58. The highest BCUT2D eigenvalue weighted by molar-refractivity contribution is 5.83. The number of nitrogens with zero attached hydrogens (tertiary/aromatic N) is 3. The molecule has 0 spiro atoms. The molecular formula is C28H27F4N3O3. The predicted molar refractivity (Wildman–Crippen MR) is 136 cm³/mol. The second kappa shape index (κ2) is 10.2. The number of fused-ring (bicyclic) bond motifs is 1. The molecule has 0 radical (unpaired) electrons. The van der Waals surface area contributed by atoms with Crippen molar-refractivity contribution in [3.63, 3.8) is 0 Å². The molecule has 2 heterocycles. The van der Waals surface area contributed by atoms with E-state index < -0.39 is 17.4 Å². The Morgan fingerprint density at radius 2 is 1.82 bits per heavy atom. The largest absolute Gasteiger partial charge is 0.489 e. The second-order valence-electron chi connectivity index (χ2n) is 9.38. The van der Waals surface area contributed by atoms with Gasteiger partial charge in [-0.3, -0.25) is 9.13 Å². The molecule has 6 nitrogen and oxygen atoms in total. The molecule has 200 valence electrons. The molecule has 1 saturated heterocycles. The van der Waals surface area contributed by atoms with E-state index in [2.05, 4.69) is 0 Å². The summed E-state index contributed by atoms with van der Waals surface area (Å²) in [6.07, 6.45) is -4.04. The number of imidazole rings is 1. The molecule has 0 aliphatic carbocycles. The molecule has 10 heteroatoms. The van der Waals surface area contributed by atoms with E-state index in [0.717, 1.165) is 11.6 Å². The number of aliphatic hydroxyl groups is 1. The number of para-hydroxylation sites is 2. The highest BCUT2D eigenvalue weighted by atomic mass is 19.4. The highest BCUT2D eigenvalue weighted by Gasteiger charge is 2.34. The third kappa shape index (κ3) is 4.64. The van der Waals surface area contributed by atoms with Crippen LogP contribution >= 0.6 is 0 Å². The Labute approximate surface area is 216 Å². The molecule has 0 amide bonds. The van der Waals surface area contributed by atoms with E-state index in [-0.39, 0.29) is 42.9 Å². The van der Waals surface area contributed by atoms with Crippen molar-refractivity contribution in [2.24, 2.45) is 0 Å². The quantitative estimate of drug-likeness (QED) is 0.337. The summed E-state index contributed by atoms with van der Waals surface area (Å²) < 4.78 is 64.5. The van der Waals surface area contributed by atoms with Crippen LogP contribution in [-0.4, -0.2) is 40.5 Å². The van der Waals surface area contributed by atoms with Crippen molar-refractivity contribution in [3.8, 4) is 5.75 Å². The number of alkyl halides is 3. The maximum Gasteiger partial charge on any atom is 0.416 e. The number of anilines is 1. The number of hydrogen-bond acceptors (Lipinski definition) is 4. The van der Waals surface area contributed by atoms with Crippen LogP contribution in [0.2, 0.25) is 0 Å². The summed E-state index contributed by atoms with van der Waals surface area (Å²) in [6.45, 7) is 2.08. The maximum atomic E-state index is 14.7. The summed E-state index contributed by atoms with van der Waals surface area (Å²) in [5.74, 6) is -0.0550. The standard InChI is InChI=1S/C28H27F4N3O3/c1-18-6-4-9-22(29)25(18)33-13-12-20(17-33)35-23-10-5-11-24(38-15-14-36)26(23)34(27(35)37)16-19-7-2-3-8-21(19)28(30,31)32/h2-11,20,36H,12-17H2,1H3. The normalized spacial score (nSPS) is 15.9. The molecule has 1 aliphatic rings. The number of benzene rings is 3. The Morgan fingerprint density at radius 1 is 1.05 bits per heavy atom. The topological polar surface area (TPSA) is 59.6 Å². The summed E-state index contributed by atoms with van der Waals surface area (Å²) in [7, 11) is 0. The summed E-state index contributed by atoms with van der Waals surface area (Å²) in [4.78, 5) is 15.8.